The Morgan fingerprint density at radius 1 is 1.35 bits per heavy atom. The summed E-state index contributed by atoms with van der Waals surface area (Å²) in [6.07, 6.45) is 5.05. The highest BCUT2D eigenvalue weighted by atomic mass is 35.5. The van der Waals surface area contributed by atoms with E-state index in [1.54, 1.807) is 0 Å². The Bertz CT molecular complexity index is 479. The molecular weight excluding hydrogens is 234 g/mol. The standard InChI is InChI=1S/C13H16ClN3/c1-2-7-17-10-11(9-16-17)8-15-13-6-4-3-5-12(13)14/h3-6,9-10,15H,2,7-8H2,1H3. The number of rotatable bonds is 5. The molecule has 4 heteroatoms. The molecule has 0 amide bonds. The van der Waals surface area contributed by atoms with Gasteiger partial charge in [0.2, 0.25) is 0 Å². The molecule has 17 heavy (non-hydrogen) atoms. The number of halogens is 1. The molecule has 2 aromatic rings. The first kappa shape index (κ1) is 12.0. The van der Waals surface area contributed by atoms with Gasteiger partial charge in [-0.25, -0.2) is 0 Å². The Balaban J connectivity index is 1.95. The normalized spacial score (nSPS) is 10.5. The van der Waals surface area contributed by atoms with Gasteiger partial charge < -0.3 is 5.32 Å². The first-order valence-corrected chi connectivity index (χ1v) is 6.17. The van der Waals surface area contributed by atoms with Crippen molar-refractivity contribution in [3.63, 3.8) is 0 Å². The molecule has 0 aliphatic rings. The Morgan fingerprint density at radius 3 is 2.94 bits per heavy atom. The molecule has 0 fully saturated rings. The minimum atomic E-state index is 0.743. The molecule has 3 nitrogen and oxygen atoms in total. The summed E-state index contributed by atoms with van der Waals surface area (Å²) < 4.78 is 1.96. The summed E-state index contributed by atoms with van der Waals surface area (Å²) in [7, 11) is 0. The maximum Gasteiger partial charge on any atom is 0.0637 e. The molecule has 0 saturated carbocycles. The van der Waals surface area contributed by atoms with Gasteiger partial charge in [-0.3, -0.25) is 4.68 Å². The summed E-state index contributed by atoms with van der Waals surface area (Å²) in [5.41, 5.74) is 2.12. The molecule has 0 bridgehead atoms. The van der Waals surface area contributed by atoms with Crippen LogP contribution >= 0.6 is 11.6 Å². The Labute approximate surface area is 106 Å². The highest BCUT2D eigenvalue weighted by molar-refractivity contribution is 6.33. The summed E-state index contributed by atoms with van der Waals surface area (Å²) in [5, 5.41) is 8.33. The van der Waals surface area contributed by atoms with Crippen LogP contribution in [0, 0.1) is 0 Å². The van der Waals surface area contributed by atoms with Crippen molar-refractivity contribution in [3.8, 4) is 0 Å². The average molecular weight is 250 g/mol. The smallest absolute Gasteiger partial charge is 0.0637 e. The van der Waals surface area contributed by atoms with Gasteiger partial charge in [0.1, 0.15) is 0 Å². The van der Waals surface area contributed by atoms with E-state index in [-0.39, 0.29) is 0 Å². The van der Waals surface area contributed by atoms with Crippen molar-refractivity contribution in [1.82, 2.24) is 9.78 Å². The van der Waals surface area contributed by atoms with Gasteiger partial charge in [-0.1, -0.05) is 30.7 Å². The fourth-order valence-corrected chi connectivity index (χ4v) is 1.85. The molecule has 0 radical (unpaired) electrons. The van der Waals surface area contributed by atoms with Crippen LogP contribution in [0.15, 0.2) is 36.7 Å². The van der Waals surface area contributed by atoms with Gasteiger partial charge in [0.15, 0.2) is 0 Å². The molecule has 1 aromatic carbocycles. The van der Waals surface area contributed by atoms with Crippen LogP contribution in [0.3, 0.4) is 0 Å². The number of nitrogens with one attached hydrogen (secondary N) is 1. The van der Waals surface area contributed by atoms with Gasteiger partial charge in [-0.05, 0) is 18.6 Å². The zero-order valence-corrected chi connectivity index (χ0v) is 10.6. The molecule has 0 aliphatic heterocycles. The summed E-state index contributed by atoms with van der Waals surface area (Å²) in [6, 6.07) is 7.74. The van der Waals surface area contributed by atoms with E-state index < -0.39 is 0 Å². The molecule has 0 aliphatic carbocycles. The van der Waals surface area contributed by atoms with Crippen molar-refractivity contribution in [2.75, 3.05) is 5.32 Å². The van der Waals surface area contributed by atoms with Crippen molar-refractivity contribution in [2.24, 2.45) is 0 Å². The predicted molar refractivity (Wildman–Crippen MR) is 71.3 cm³/mol. The number of hydrogen-bond donors (Lipinski definition) is 1. The Kier molecular flexibility index (Phi) is 4.04. The quantitative estimate of drug-likeness (QED) is 0.878. The van der Waals surface area contributed by atoms with Crippen molar-refractivity contribution in [1.29, 1.82) is 0 Å². The lowest BCUT2D eigenvalue weighted by Crippen LogP contribution is -1.99. The molecule has 1 N–H and O–H groups in total. The maximum atomic E-state index is 6.06. The molecule has 2 rings (SSSR count). The third-order valence-corrected chi connectivity index (χ3v) is 2.83. The topological polar surface area (TPSA) is 29.9 Å². The van der Waals surface area contributed by atoms with E-state index in [4.69, 9.17) is 11.6 Å². The van der Waals surface area contributed by atoms with Crippen LogP contribution in [-0.2, 0) is 13.1 Å². The number of aryl methyl sites for hydroxylation is 1. The van der Waals surface area contributed by atoms with Crippen LogP contribution in [-0.4, -0.2) is 9.78 Å². The third-order valence-electron chi connectivity index (χ3n) is 2.50. The number of nitrogens with zero attached hydrogens (tertiary/aromatic N) is 2. The summed E-state index contributed by atoms with van der Waals surface area (Å²) in [5.74, 6) is 0. The molecule has 0 atom stereocenters. The molecule has 90 valence electrons. The van der Waals surface area contributed by atoms with Crippen LogP contribution in [0.25, 0.3) is 0 Å². The second-order valence-corrected chi connectivity index (χ2v) is 4.35. The van der Waals surface area contributed by atoms with E-state index in [1.807, 2.05) is 35.1 Å². The molecular formula is C13H16ClN3. The van der Waals surface area contributed by atoms with Crippen molar-refractivity contribution >= 4 is 17.3 Å². The number of para-hydroxylation sites is 1. The lowest BCUT2D eigenvalue weighted by Gasteiger charge is -2.06. The monoisotopic (exact) mass is 249 g/mol. The first-order valence-electron chi connectivity index (χ1n) is 5.79. The number of anilines is 1. The molecule has 0 saturated heterocycles. The third kappa shape index (κ3) is 3.24. The maximum absolute atomic E-state index is 6.06. The largest absolute Gasteiger partial charge is 0.380 e. The highest BCUT2D eigenvalue weighted by Crippen LogP contribution is 2.20. The summed E-state index contributed by atoms with van der Waals surface area (Å²) >= 11 is 6.06. The number of hydrogen-bond acceptors (Lipinski definition) is 2. The second-order valence-electron chi connectivity index (χ2n) is 3.95. The van der Waals surface area contributed by atoms with Gasteiger partial charge in [0.05, 0.1) is 16.9 Å². The minimum absolute atomic E-state index is 0.743. The van der Waals surface area contributed by atoms with E-state index in [1.165, 1.54) is 5.56 Å². The molecule has 0 spiro atoms. The van der Waals surface area contributed by atoms with Gasteiger partial charge in [0.25, 0.3) is 0 Å². The first-order chi connectivity index (χ1) is 8.29. The molecule has 1 heterocycles. The molecule has 0 unspecified atom stereocenters. The predicted octanol–water partition coefficient (Wildman–Crippen LogP) is 3.56. The van der Waals surface area contributed by atoms with Gasteiger partial charge in [0, 0.05) is 24.8 Å². The SMILES string of the molecule is CCCn1cc(CNc2ccccc2Cl)cn1. The van der Waals surface area contributed by atoms with E-state index in [9.17, 15) is 0 Å². The van der Waals surface area contributed by atoms with Gasteiger partial charge in [-0.15, -0.1) is 0 Å². The molecule has 1 aromatic heterocycles. The zero-order chi connectivity index (χ0) is 12.1. The average Bonchev–Trinajstić information content (AvgIpc) is 2.76. The highest BCUT2D eigenvalue weighted by Gasteiger charge is 2.00. The van der Waals surface area contributed by atoms with Crippen LogP contribution in [0.4, 0.5) is 5.69 Å². The number of aromatic nitrogens is 2. The summed E-state index contributed by atoms with van der Waals surface area (Å²) in [4.78, 5) is 0. The van der Waals surface area contributed by atoms with Crippen molar-refractivity contribution in [2.45, 2.75) is 26.4 Å². The van der Waals surface area contributed by atoms with Crippen LogP contribution in [0.5, 0.6) is 0 Å². The summed E-state index contributed by atoms with van der Waals surface area (Å²) in [6.45, 7) is 3.85. The van der Waals surface area contributed by atoms with Crippen molar-refractivity contribution in [3.05, 3.63) is 47.2 Å². The lowest BCUT2D eigenvalue weighted by atomic mass is 10.3. The van der Waals surface area contributed by atoms with Gasteiger partial charge in [-0.2, -0.15) is 5.10 Å². The second kappa shape index (κ2) is 5.73. The van der Waals surface area contributed by atoms with Crippen molar-refractivity contribution < 1.29 is 0 Å². The van der Waals surface area contributed by atoms with Gasteiger partial charge >= 0.3 is 0 Å². The van der Waals surface area contributed by atoms with Crippen LogP contribution < -0.4 is 5.32 Å². The fourth-order valence-electron chi connectivity index (χ4n) is 1.65. The Hall–Kier alpha value is -1.48. The van der Waals surface area contributed by atoms with E-state index in [2.05, 4.69) is 23.5 Å². The van der Waals surface area contributed by atoms with E-state index in [0.29, 0.717) is 0 Å². The Morgan fingerprint density at radius 2 is 2.18 bits per heavy atom. The fraction of sp³-hybridized carbons (Fsp3) is 0.308. The van der Waals surface area contributed by atoms with Crippen LogP contribution in [0.1, 0.15) is 18.9 Å². The van der Waals surface area contributed by atoms with Crippen LogP contribution in [0.2, 0.25) is 5.02 Å². The van der Waals surface area contributed by atoms with E-state index >= 15 is 0 Å². The van der Waals surface area contributed by atoms with E-state index in [0.717, 1.165) is 30.2 Å². The minimum Gasteiger partial charge on any atom is -0.380 e. The number of benzene rings is 1. The zero-order valence-electron chi connectivity index (χ0n) is 9.86. The lowest BCUT2D eigenvalue weighted by molar-refractivity contribution is 0.602.